The molecule has 4 atom stereocenters. The van der Waals surface area contributed by atoms with Crippen molar-refractivity contribution < 1.29 is 14.3 Å². The second kappa shape index (κ2) is 5.35. The number of carbonyl (C=O) groups excluding carboxylic acids is 2. The maximum absolute atomic E-state index is 12.8. The Morgan fingerprint density at radius 1 is 1.25 bits per heavy atom. The quantitative estimate of drug-likeness (QED) is 0.831. The fourth-order valence-corrected chi connectivity index (χ4v) is 3.26. The Morgan fingerprint density at radius 3 is 2.40 bits per heavy atom. The van der Waals surface area contributed by atoms with Gasteiger partial charge in [0.05, 0.1) is 6.10 Å². The minimum absolute atomic E-state index is 0.0475. The first kappa shape index (κ1) is 15.3. The first-order chi connectivity index (χ1) is 9.25. The van der Waals surface area contributed by atoms with E-state index in [2.05, 4.69) is 5.32 Å². The van der Waals surface area contributed by atoms with Gasteiger partial charge in [0.25, 0.3) is 0 Å². The van der Waals surface area contributed by atoms with Crippen LogP contribution in [0.5, 0.6) is 0 Å². The highest BCUT2D eigenvalue weighted by Crippen LogP contribution is 2.32. The van der Waals surface area contributed by atoms with Crippen LogP contribution in [0.3, 0.4) is 0 Å². The van der Waals surface area contributed by atoms with Gasteiger partial charge in [0, 0.05) is 13.2 Å². The molecule has 2 rings (SSSR count). The second-order valence-corrected chi connectivity index (χ2v) is 7.05. The van der Waals surface area contributed by atoms with Crippen molar-refractivity contribution >= 4 is 11.8 Å². The van der Waals surface area contributed by atoms with E-state index in [1.165, 1.54) is 0 Å². The number of carbonyl (C=O) groups is 2. The summed E-state index contributed by atoms with van der Waals surface area (Å²) >= 11 is 0. The molecule has 1 heterocycles. The zero-order chi connectivity index (χ0) is 15.1. The molecule has 0 spiro atoms. The normalized spacial score (nSPS) is 35.4. The van der Waals surface area contributed by atoms with E-state index in [4.69, 9.17) is 4.74 Å². The maximum atomic E-state index is 12.8. The van der Waals surface area contributed by atoms with Crippen LogP contribution in [0.15, 0.2) is 0 Å². The lowest BCUT2D eigenvalue weighted by atomic mass is 9.83. The van der Waals surface area contributed by atoms with Crippen molar-refractivity contribution in [1.82, 2.24) is 10.2 Å². The van der Waals surface area contributed by atoms with Crippen LogP contribution in [0.1, 0.15) is 47.0 Å². The Morgan fingerprint density at radius 2 is 1.90 bits per heavy atom. The van der Waals surface area contributed by atoms with Gasteiger partial charge in [-0.05, 0) is 31.6 Å². The maximum Gasteiger partial charge on any atom is 0.246 e. The van der Waals surface area contributed by atoms with Crippen LogP contribution < -0.4 is 5.32 Å². The summed E-state index contributed by atoms with van der Waals surface area (Å²) in [5.74, 6) is -0.00301. The monoisotopic (exact) mass is 282 g/mol. The highest BCUT2D eigenvalue weighted by Gasteiger charge is 2.47. The Bertz CT molecular complexity index is 402. The molecule has 1 aliphatic carbocycles. The molecule has 2 aliphatic rings. The molecule has 2 fully saturated rings. The minimum atomic E-state index is -0.437. The Balaban J connectivity index is 2.21. The van der Waals surface area contributed by atoms with Crippen LogP contribution in [-0.2, 0) is 14.3 Å². The third-order valence-corrected chi connectivity index (χ3v) is 4.53. The van der Waals surface area contributed by atoms with Gasteiger partial charge in [-0.1, -0.05) is 20.8 Å². The van der Waals surface area contributed by atoms with Crippen LogP contribution in [0.4, 0.5) is 0 Å². The van der Waals surface area contributed by atoms with Crippen LogP contribution in [0.25, 0.3) is 0 Å². The van der Waals surface area contributed by atoms with Crippen molar-refractivity contribution in [3.8, 4) is 0 Å². The molecular weight excluding hydrogens is 256 g/mol. The van der Waals surface area contributed by atoms with Crippen molar-refractivity contribution in [2.24, 2.45) is 5.41 Å². The van der Waals surface area contributed by atoms with Gasteiger partial charge in [-0.25, -0.2) is 0 Å². The lowest BCUT2D eigenvalue weighted by molar-refractivity contribution is -0.154. The van der Waals surface area contributed by atoms with E-state index in [0.29, 0.717) is 0 Å². The van der Waals surface area contributed by atoms with Crippen LogP contribution in [0.2, 0.25) is 0 Å². The topological polar surface area (TPSA) is 58.6 Å². The van der Waals surface area contributed by atoms with Gasteiger partial charge >= 0.3 is 0 Å². The first-order valence-corrected chi connectivity index (χ1v) is 7.41. The summed E-state index contributed by atoms with van der Waals surface area (Å²) in [6.45, 7) is 7.76. The first-order valence-electron chi connectivity index (χ1n) is 7.41. The summed E-state index contributed by atoms with van der Waals surface area (Å²) in [4.78, 5) is 26.8. The van der Waals surface area contributed by atoms with Gasteiger partial charge < -0.3 is 15.0 Å². The van der Waals surface area contributed by atoms with Gasteiger partial charge in [-0.3, -0.25) is 9.59 Å². The van der Waals surface area contributed by atoms with E-state index >= 15 is 0 Å². The zero-order valence-corrected chi connectivity index (χ0v) is 13.1. The molecule has 4 unspecified atom stereocenters. The van der Waals surface area contributed by atoms with Gasteiger partial charge in [-0.15, -0.1) is 0 Å². The Hall–Kier alpha value is -1.10. The molecule has 20 heavy (non-hydrogen) atoms. The Kier molecular flexibility index (Phi) is 4.09. The van der Waals surface area contributed by atoms with E-state index in [-0.39, 0.29) is 35.4 Å². The summed E-state index contributed by atoms with van der Waals surface area (Å²) in [5.41, 5.74) is -0.273. The van der Waals surface area contributed by atoms with E-state index in [9.17, 15) is 9.59 Å². The van der Waals surface area contributed by atoms with Crippen LogP contribution in [-0.4, -0.2) is 48.1 Å². The Labute approximate surface area is 121 Å². The van der Waals surface area contributed by atoms with Crippen molar-refractivity contribution in [3.05, 3.63) is 0 Å². The molecule has 1 saturated heterocycles. The van der Waals surface area contributed by atoms with Crippen molar-refractivity contribution in [2.45, 2.75) is 71.2 Å². The standard InChI is InChI=1S/C15H26N2O3/c1-9-13(18)16-12(15(2,3)4)14(19)17(9)10-6-7-11(8-10)20-5/h9-12H,6-8H2,1-5H3,(H,16,18). The van der Waals surface area contributed by atoms with E-state index < -0.39 is 6.04 Å². The fraction of sp³-hybridized carbons (Fsp3) is 0.867. The SMILES string of the molecule is COC1CCC(N2C(=O)C(C(C)(C)C)NC(=O)C2C)C1. The summed E-state index contributed by atoms with van der Waals surface area (Å²) in [6.07, 6.45) is 2.91. The molecule has 5 heteroatoms. The minimum Gasteiger partial charge on any atom is -0.381 e. The number of nitrogens with zero attached hydrogens (tertiary/aromatic N) is 1. The summed E-state index contributed by atoms with van der Waals surface area (Å²) < 4.78 is 5.39. The van der Waals surface area contributed by atoms with Crippen molar-refractivity contribution in [3.63, 3.8) is 0 Å². The molecule has 1 saturated carbocycles. The summed E-state index contributed by atoms with van der Waals surface area (Å²) in [7, 11) is 1.71. The predicted octanol–water partition coefficient (Wildman–Crippen LogP) is 1.32. The molecule has 0 aromatic rings. The summed E-state index contributed by atoms with van der Waals surface area (Å²) in [6, 6.07) is -0.701. The smallest absolute Gasteiger partial charge is 0.246 e. The van der Waals surface area contributed by atoms with Crippen LogP contribution >= 0.6 is 0 Å². The lowest BCUT2D eigenvalue weighted by Gasteiger charge is -2.44. The molecule has 0 aromatic carbocycles. The second-order valence-electron chi connectivity index (χ2n) is 7.05. The van der Waals surface area contributed by atoms with Gasteiger partial charge in [-0.2, -0.15) is 0 Å². The fourth-order valence-electron chi connectivity index (χ4n) is 3.26. The third-order valence-electron chi connectivity index (χ3n) is 4.53. The molecule has 1 aliphatic heterocycles. The average Bonchev–Trinajstić information content (AvgIpc) is 2.81. The molecular formula is C15H26N2O3. The molecule has 0 aromatic heterocycles. The highest BCUT2D eigenvalue weighted by atomic mass is 16.5. The molecule has 0 bridgehead atoms. The summed E-state index contributed by atoms with van der Waals surface area (Å²) in [5, 5.41) is 2.87. The molecule has 0 radical (unpaired) electrons. The van der Waals surface area contributed by atoms with Crippen molar-refractivity contribution in [2.75, 3.05) is 7.11 Å². The van der Waals surface area contributed by atoms with Gasteiger partial charge in [0.2, 0.25) is 11.8 Å². The molecule has 2 amide bonds. The highest BCUT2D eigenvalue weighted by molar-refractivity contribution is 5.97. The van der Waals surface area contributed by atoms with Crippen molar-refractivity contribution in [1.29, 1.82) is 0 Å². The third kappa shape index (κ3) is 2.68. The number of hydrogen-bond acceptors (Lipinski definition) is 3. The number of nitrogens with one attached hydrogen (secondary N) is 1. The molecule has 1 N–H and O–H groups in total. The number of amides is 2. The number of methoxy groups -OCH3 is 1. The van der Waals surface area contributed by atoms with E-state index in [1.54, 1.807) is 12.0 Å². The lowest BCUT2D eigenvalue weighted by Crippen LogP contribution is -2.67. The van der Waals surface area contributed by atoms with Crippen LogP contribution in [0, 0.1) is 5.41 Å². The molecule has 5 nitrogen and oxygen atoms in total. The van der Waals surface area contributed by atoms with E-state index in [0.717, 1.165) is 19.3 Å². The van der Waals surface area contributed by atoms with Gasteiger partial charge in [0.15, 0.2) is 0 Å². The molecule has 114 valence electrons. The number of hydrogen-bond donors (Lipinski definition) is 1. The number of piperazine rings is 1. The average molecular weight is 282 g/mol. The number of rotatable bonds is 2. The largest absolute Gasteiger partial charge is 0.381 e. The van der Waals surface area contributed by atoms with E-state index in [1.807, 2.05) is 27.7 Å². The predicted molar refractivity (Wildman–Crippen MR) is 76.1 cm³/mol. The van der Waals surface area contributed by atoms with Gasteiger partial charge in [0.1, 0.15) is 12.1 Å². The number of ether oxygens (including phenoxy) is 1. The zero-order valence-electron chi connectivity index (χ0n) is 13.1.